The minimum absolute atomic E-state index is 0.0472. The van der Waals surface area contributed by atoms with E-state index < -0.39 is 34.3 Å². The number of nitrogens with zero attached hydrogens (tertiary/aromatic N) is 1. The van der Waals surface area contributed by atoms with Gasteiger partial charge in [-0.2, -0.15) is 0 Å². The fourth-order valence-corrected chi connectivity index (χ4v) is 3.72. The normalized spacial score (nSPS) is 33.3. The lowest BCUT2D eigenvalue weighted by Crippen LogP contribution is -2.62. The van der Waals surface area contributed by atoms with Gasteiger partial charge in [0.25, 0.3) is 0 Å². The molecule has 2 rings (SSSR count). The number of piperidine rings is 1. The number of hydrogen-bond donors (Lipinski definition) is 2. The molecule has 2 N–H and O–H groups in total. The number of carbonyl (C=O) groups excluding carboxylic acids is 1. The van der Waals surface area contributed by atoms with Crippen LogP contribution in [0.2, 0.25) is 0 Å². The molecule has 0 aromatic rings. The number of ether oxygens (including phenoxy) is 2. The summed E-state index contributed by atoms with van der Waals surface area (Å²) in [4.78, 5) is 25.9. The van der Waals surface area contributed by atoms with Gasteiger partial charge in [0.1, 0.15) is 16.6 Å². The van der Waals surface area contributed by atoms with E-state index in [1.54, 1.807) is 20.8 Å². The van der Waals surface area contributed by atoms with Crippen molar-refractivity contribution in [3.05, 3.63) is 0 Å². The van der Waals surface area contributed by atoms with Crippen molar-refractivity contribution in [2.45, 2.75) is 70.7 Å². The van der Waals surface area contributed by atoms with Gasteiger partial charge >= 0.3 is 12.1 Å². The molecule has 7 heteroatoms. The summed E-state index contributed by atoms with van der Waals surface area (Å²) in [6.45, 7) is 9.25. The van der Waals surface area contributed by atoms with E-state index in [1.165, 1.54) is 4.90 Å². The van der Waals surface area contributed by atoms with Crippen molar-refractivity contribution < 1.29 is 29.3 Å². The molecule has 2 aliphatic rings. The lowest BCUT2D eigenvalue weighted by atomic mass is 9.65. The van der Waals surface area contributed by atoms with Crippen LogP contribution in [-0.4, -0.2) is 63.7 Å². The SMILES string of the molecule is CC(C)(C)OC(=O)N1CCCC(C(=O)O)(C2(O)COC(C)(C)C2)C1. The van der Waals surface area contributed by atoms with Gasteiger partial charge in [-0.3, -0.25) is 4.79 Å². The standard InChI is InChI=1S/C17H29NO6/c1-14(2,3)24-13(21)18-8-6-7-16(10-18,12(19)20)17(22)9-15(4,5)23-11-17/h22H,6-11H2,1-5H3,(H,19,20). The fourth-order valence-electron chi connectivity index (χ4n) is 3.72. The zero-order valence-corrected chi connectivity index (χ0v) is 15.2. The molecule has 0 radical (unpaired) electrons. The maximum absolute atomic E-state index is 12.4. The van der Waals surface area contributed by atoms with E-state index in [1.807, 2.05) is 13.8 Å². The number of likely N-dealkylation sites (tertiary alicyclic amines) is 1. The highest BCUT2D eigenvalue weighted by Crippen LogP contribution is 2.49. The maximum atomic E-state index is 12.4. The number of aliphatic carboxylic acids is 1. The first-order valence-electron chi connectivity index (χ1n) is 8.38. The van der Waals surface area contributed by atoms with E-state index in [2.05, 4.69) is 0 Å². The lowest BCUT2D eigenvalue weighted by Gasteiger charge is -2.47. The lowest BCUT2D eigenvalue weighted by molar-refractivity contribution is -0.177. The van der Waals surface area contributed by atoms with Crippen LogP contribution in [-0.2, 0) is 14.3 Å². The predicted octanol–water partition coefficient (Wildman–Crippen LogP) is 2.02. The molecule has 2 fully saturated rings. The minimum atomic E-state index is -1.51. The van der Waals surface area contributed by atoms with Crippen molar-refractivity contribution >= 4 is 12.1 Å². The van der Waals surface area contributed by atoms with Crippen LogP contribution >= 0.6 is 0 Å². The number of amides is 1. The average Bonchev–Trinajstić information content (AvgIpc) is 2.72. The molecule has 1 amide bonds. The first-order chi connectivity index (χ1) is 10.8. The van der Waals surface area contributed by atoms with Gasteiger partial charge in [-0.05, 0) is 47.5 Å². The van der Waals surface area contributed by atoms with Crippen LogP contribution in [0.5, 0.6) is 0 Å². The van der Waals surface area contributed by atoms with Crippen LogP contribution < -0.4 is 0 Å². The first kappa shape index (κ1) is 19.0. The molecule has 0 aromatic heterocycles. The Labute approximate surface area is 142 Å². The topological polar surface area (TPSA) is 96.3 Å². The molecule has 7 nitrogen and oxygen atoms in total. The zero-order valence-electron chi connectivity index (χ0n) is 15.2. The molecule has 2 aliphatic heterocycles. The van der Waals surface area contributed by atoms with Gasteiger partial charge in [0, 0.05) is 19.5 Å². The molecular formula is C17H29NO6. The van der Waals surface area contributed by atoms with Crippen molar-refractivity contribution in [2.75, 3.05) is 19.7 Å². The van der Waals surface area contributed by atoms with Crippen LogP contribution in [0, 0.1) is 5.41 Å². The Kier molecular flexibility index (Phi) is 4.65. The Morgan fingerprint density at radius 1 is 1.25 bits per heavy atom. The third kappa shape index (κ3) is 3.52. The van der Waals surface area contributed by atoms with Crippen LogP contribution in [0.1, 0.15) is 53.9 Å². The molecular weight excluding hydrogens is 314 g/mol. The van der Waals surface area contributed by atoms with Crippen molar-refractivity contribution in [1.82, 2.24) is 4.90 Å². The van der Waals surface area contributed by atoms with Crippen molar-refractivity contribution in [2.24, 2.45) is 5.41 Å². The highest BCUT2D eigenvalue weighted by molar-refractivity contribution is 5.79. The summed E-state index contributed by atoms with van der Waals surface area (Å²) >= 11 is 0. The number of hydrogen-bond acceptors (Lipinski definition) is 5. The Balaban J connectivity index is 2.27. The molecule has 0 spiro atoms. The van der Waals surface area contributed by atoms with Crippen LogP contribution in [0.15, 0.2) is 0 Å². The number of carboxylic acid groups (broad SMARTS) is 1. The first-order valence-corrected chi connectivity index (χ1v) is 8.38. The third-order valence-electron chi connectivity index (χ3n) is 4.86. The average molecular weight is 343 g/mol. The van der Waals surface area contributed by atoms with Gasteiger partial charge < -0.3 is 24.6 Å². The van der Waals surface area contributed by atoms with Crippen molar-refractivity contribution in [1.29, 1.82) is 0 Å². The van der Waals surface area contributed by atoms with Gasteiger partial charge in [-0.25, -0.2) is 4.79 Å². The molecule has 0 bridgehead atoms. The molecule has 0 aromatic carbocycles. The molecule has 24 heavy (non-hydrogen) atoms. The van der Waals surface area contributed by atoms with E-state index in [9.17, 15) is 19.8 Å². The van der Waals surface area contributed by atoms with E-state index in [-0.39, 0.29) is 19.6 Å². The number of rotatable bonds is 2. The Morgan fingerprint density at radius 2 is 1.88 bits per heavy atom. The van der Waals surface area contributed by atoms with E-state index in [0.717, 1.165) is 0 Å². The van der Waals surface area contributed by atoms with Gasteiger partial charge in [0.05, 0.1) is 12.2 Å². The second kappa shape index (κ2) is 5.88. The van der Waals surface area contributed by atoms with Crippen molar-refractivity contribution in [3.63, 3.8) is 0 Å². The summed E-state index contributed by atoms with van der Waals surface area (Å²) in [6.07, 6.45) is 0.468. The molecule has 2 heterocycles. The predicted molar refractivity (Wildman–Crippen MR) is 86.7 cm³/mol. The fraction of sp³-hybridized carbons (Fsp3) is 0.882. The number of carboxylic acids is 1. The highest BCUT2D eigenvalue weighted by atomic mass is 16.6. The zero-order chi connectivity index (χ0) is 18.4. The number of aliphatic hydroxyl groups is 1. The van der Waals surface area contributed by atoms with Gasteiger partial charge in [-0.1, -0.05) is 0 Å². The monoisotopic (exact) mass is 343 g/mol. The van der Waals surface area contributed by atoms with Crippen LogP contribution in [0.4, 0.5) is 4.79 Å². The Bertz CT molecular complexity index is 526. The summed E-state index contributed by atoms with van der Waals surface area (Å²) in [6, 6.07) is 0. The van der Waals surface area contributed by atoms with E-state index in [0.29, 0.717) is 19.4 Å². The molecule has 138 valence electrons. The molecule has 0 saturated carbocycles. The van der Waals surface area contributed by atoms with Gasteiger partial charge in [0.15, 0.2) is 0 Å². The molecule has 2 atom stereocenters. The van der Waals surface area contributed by atoms with Crippen LogP contribution in [0.3, 0.4) is 0 Å². The van der Waals surface area contributed by atoms with Gasteiger partial charge in [-0.15, -0.1) is 0 Å². The minimum Gasteiger partial charge on any atom is -0.481 e. The Hall–Kier alpha value is -1.34. The quantitative estimate of drug-likeness (QED) is 0.796. The molecule has 0 aliphatic carbocycles. The summed E-state index contributed by atoms with van der Waals surface area (Å²) in [5.74, 6) is -1.10. The third-order valence-corrected chi connectivity index (χ3v) is 4.86. The highest BCUT2D eigenvalue weighted by Gasteiger charge is 2.62. The van der Waals surface area contributed by atoms with Crippen LogP contribution in [0.25, 0.3) is 0 Å². The second-order valence-corrected chi connectivity index (χ2v) is 8.65. The molecule has 2 unspecified atom stereocenters. The van der Waals surface area contributed by atoms with E-state index >= 15 is 0 Å². The Morgan fingerprint density at radius 3 is 2.33 bits per heavy atom. The maximum Gasteiger partial charge on any atom is 0.410 e. The van der Waals surface area contributed by atoms with Crippen molar-refractivity contribution in [3.8, 4) is 0 Å². The number of carbonyl (C=O) groups is 2. The smallest absolute Gasteiger partial charge is 0.410 e. The second-order valence-electron chi connectivity index (χ2n) is 8.65. The molecule has 2 saturated heterocycles. The van der Waals surface area contributed by atoms with E-state index in [4.69, 9.17) is 9.47 Å². The summed E-state index contributed by atoms with van der Waals surface area (Å²) in [7, 11) is 0. The largest absolute Gasteiger partial charge is 0.481 e. The summed E-state index contributed by atoms with van der Waals surface area (Å²) < 4.78 is 11.0. The summed E-state index contributed by atoms with van der Waals surface area (Å²) in [5.41, 5.74) is -4.21. The van der Waals surface area contributed by atoms with Gasteiger partial charge in [0.2, 0.25) is 0 Å². The summed E-state index contributed by atoms with van der Waals surface area (Å²) in [5, 5.41) is 21.0.